The van der Waals surface area contributed by atoms with Crippen LogP contribution in [-0.4, -0.2) is 4.40 Å². The number of halogens is 1. The van der Waals surface area contributed by atoms with Gasteiger partial charge in [-0.1, -0.05) is 6.07 Å². The minimum atomic E-state index is 1.19. The number of fused-ring (bicyclic) bond motifs is 1. The molecule has 0 saturated carbocycles. The van der Waals surface area contributed by atoms with Gasteiger partial charge in [0.1, 0.15) is 0 Å². The van der Waals surface area contributed by atoms with Crippen molar-refractivity contribution in [3.8, 4) is 0 Å². The van der Waals surface area contributed by atoms with Crippen LogP contribution >= 0.6 is 15.9 Å². The van der Waals surface area contributed by atoms with Gasteiger partial charge in [-0.2, -0.15) is 0 Å². The highest BCUT2D eigenvalue weighted by molar-refractivity contribution is 9.10. The SMILES string of the molecule is Cc1cn2ccccc2c1Br. The highest BCUT2D eigenvalue weighted by Gasteiger charge is 2.01. The van der Waals surface area contributed by atoms with Gasteiger partial charge in [0.2, 0.25) is 0 Å². The van der Waals surface area contributed by atoms with Crippen LogP contribution in [0.3, 0.4) is 0 Å². The Balaban J connectivity index is 2.92. The molecule has 0 aliphatic heterocycles. The fraction of sp³-hybridized carbons (Fsp3) is 0.111. The van der Waals surface area contributed by atoms with Gasteiger partial charge in [-0.25, -0.2) is 0 Å². The topological polar surface area (TPSA) is 4.41 Å². The third-order valence-corrected chi connectivity index (χ3v) is 2.83. The Bertz CT molecular complexity index is 389. The zero-order chi connectivity index (χ0) is 7.84. The van der Waals surface area contributed by atoms with Crippen molar-refractivity contribution in [3.63, 3.8) is 0 Å². The molecule has 0 unspecified atom stereocenters. The van der Waals surface area contributed by atoms with Gasteiger partial charge in [0.05, 0.1) is 5.52 Å². The first-order valence-electron chi connectivity index (χ1n) is 3.51. The fourth-order valence-corrected chi connectivity index (χ4v) is 1.66. The van der Waals surface area contributed by atoms with E-state index < -0.39 is 0 Å². The Morgan fingerprint density at radius 3 is 2.91 bits per heavy atom. The average Bonchev–Trinajstić information content (AvgIpc) is 2.30. The zero-order valence-electron chi connectivity index (χ0n) is 6.21. The molecule has 0 aliphatic rings. The predicted octanol–water partition coefficient (Wildman–Crippen LogP) is 3.01. The van der Waals surface area contributed by atoms with E-state index >= 15 is 0 Å². The summed E-state index contributed by atoms with van der Waals surface area (Å²) in [4.78, 5) is 0. The van der Waals surface area contributed by atoms with Crippen LogP contribution in [0.2, 0.25) is 0 Å². The summed E-state index contributed by atoms with van der Waals surface area (Å²) in [6.07, 6.45) is 4.16. The summed E-state index contributed by atoms with van der Waals surface area (Å²) >= 11 is 3.53. The van der Waals surface area contributed by atoms with Gasteiger partial charge < -0.3 is 4.40 Å². The molecule has 2 aromatic rings. The van der Waals surface area contributed by atoms with Gasteiger partial charge in [-0.3, -0.25) is 0 Å². The minimum absolute atomic E-state index is 1.19. The molecule has 0 amide bonds. The van der Waals surface area contributed by atoms with Crippen LogP contribution in [0.25, 0.3) is 5.52 Å². The lowest BCUT2D eigenvalue weighted by Crippen LogP contribution is -1.76. The van der Waals surface area contributed by atoms with Crippen molar-refractivity contribution in [1.82, 2.24) is 4.40 Å². The van der Waals surface area contributed by atoms with E-state index in [0.717, 1.165) is 0 Å². The van der Waals surface area contributed by atoms with E-state index in [9.17, 15) is 0 Å². The first kappa shape index (κ1) is 6.92. The number of aromatic nitrogens is 1. The van der Waals surface area contributed by atoms with Crippen LogP contribution in [0, 0.1) is 6.92 Å². The largest absolute Gasteiger partial charge is 0.322 e. The molecule has 0 atom stereocenters. The number of nitrogens with zero attached hydrogens (tertiary/aromatic N) is 1. The lowest BCUT2D eigenvalue weighted by atomic mass is 10.3. The van der Waals surface area contributed by atoms with E-state index in [0.29, 0.717) is 0 Å². The van der Waals surface area contributed by atoms with Crippen molar-refractivity contribution in [2.75, 3.05) is 0 Å². The molecule has 0 fully saturated rings. The quantitative estimate of drug-likeness (QED) is 0.629. The van der Waals surface area contributed by atoms with Gasteiger partial charge in [-0.05, 0) is 40.5 Å². The van der Waals surface area contributed by atoms with Crippen molar-refractivity contribution >= 4 is 21.4 Å². The number of rotatable bonds is 0. The highest BCUT2D eigenvalue weighted by atomic mass is 79.9. The molecule has 0 radical (unpaired) electrons. The van der Waals surface area contributed by atoms with E-state index in [1.54, 1.807) is 0 Å². The van der Waals surface area contributed by atoms with Crippen LogP contribution in [0.4, 0.5) is 0 Å². The Kier molecular flexibility index (Phi) is 1.50. The van der Waals surface area contributed by atoms with Crippen LogP contribution in [-0.2, 0) is 0 Å². The lowest BCUT2D eigenvalue weighted by molar-refractivity contribution is 1.19. The van der Waals surface area contributed by atoms with Crippen LogP contribution in [0.15, 0.2) is 35.1 Å². The van der Waals surface area contributed by atoms with Gasteiger partial charge in [-0.15, -0.1) is 0 Å². The number of hydrogen-bond acceptors (Lipinski definition) is 0. The van der Waals surface area contributed by atoms with E-state index in [-0.39, 0.29) is 0 Å². The van der Waals surface area contributed by atoms with Crippen molar-refractivity contribution in [1.29, 1.82) is 0 Å². The second kappa shape index (κ2) is 2.38. The smallest absolute Gasteiger partial charge is 0.0594 e. The van der Waals surface area contributed by atoms with E-state index in [1.165, 1.54) is 15.6 Å². The molecular formula is C9H8BrN. The molecule has 11 heavy (non-hydrogen) atoms. The molecule has 0 aromatic carbocycles. The number of aryl methyl sites for hydroxylation is 1. The Morgan fingerprint density at radius 1 is 1.36 bits per heavy atom. The normalized spacial score (nSPS) is 10.7. The highest BCUT2D eigenvalue weighted by Crippen LogP contribution is 2.23. The van der Waals surface area contributed by atoms with Crippen LogP contribution in [0.1, 0.15) is 5.56 Å². The summed E-state index contributed by atoms with van der Waals surface area (Å²) in [6, 6.07) is 6.16. The Labute approximate surface area is 73.8 Å². The summed E-state index contributed by atoms with van der Waals surface area (Å²) in [5.74, 6) is 0. The minimum Gasteiger partial charge on any atom is -0.322 e. The summed E-state index contributed by atoms with van der Waals surface area (Å²) in [7, 11) is 0. The van der Waals surface area contributed by atoms with E-state index in [4.69, 9.17) is 0 Å². The van der Waals surface area contributed by atoms with Crippen LogP contribution < -0.4 is 0 Å². The average molecular weight is 210 g/mol. The number of pyridine rings is 1. The van der Waals surface area contributed by atoms with E-state index in [1.807, 2.05) is 18.3 Å². The molecule has 2 rings (SSSR count). The standard InChI is InChI=1S/C9H8BrN/c1-7-6-11-5-3-2-4-8(11)9(7)10/h2-6H,1H3. The van der Waals surface area contributed by atoms with Crippen molar-refractivity contribution in [2.45, 2.75) is 6.92 Å². The van der Waals surface area contributed by atoms with E-state index in [2.05, 4.69) is 39.5 Å². The molecule has 0 spiro atoms. The summed E-state index contributed by atoms with van der Waals surface area (Å²) in [6.45, 7) is 2.09. The summed E-state index contributed by atoms with van der Waals surface area (Å²) in [5, 5.41) is 0. The Hall–Kier alpha value is -0.760. The maximum atomic E-state index is 3.53. The third-order valence-electron chi connectivity index (χ3n) is 1.79. The van der Waals surface area contributed by atoms with Crippen molar-refractivity contribution in [3.05, 3.63) is 40.6 Å². The maximum absolute atomic E-state index is 3.53. The molecule has 0 saturated heterocycles. The van der Waals surface area contributed by atoms with Crippen LogP contribution in [0.5, 0.6) is 0 Å². The molecule has 2 heteroatoms. The second-order valence-corrected chi connectivity index (χ2v) is 3.41. The molecular weight excluding hydrogens is 202 g/mol. The lowest BCUT2D eigenvalue weighted by Gasteiger charge is -1.90. The zero-order valence-corrected chi connectivity index (χ0v) is 7.80. The first-order valence-corrected chi connectivity index (χ1v) is 4.30. The summed E-state index contributed by atoms with van der Waals surface area (Å²) < 4.78 is 3.30. The first-order chi connectivity index (χ1) is 5.29. The maximum Gasteiger partial charge on any atom is 0.0594 e. The molecule has 2 aromatic heterocycles. The predicted molar refractivity (Wildman–Crippen MR) is 49.8 cm³/mol. The fourth-order valence-electron chi connectivity index (χ4n) is 1.22. The monoisotopic (exact) mass is 209 g/mol. The molecule has 1 nitrogen and oxygen atoms in total. The van der Waals surface area contributed by atoms with Gasteiger partial charge >= 0.3 is 0 Å². The second-order valence-electron chi connectivity index (χ2n) is 2.62. The van der Waals surface area contributed by atoms with Crippen molar-refractivity contribution < 1.29 is 0 Å². The molecule has 0 bridgehead atoms. The van der Waals surface area contributed by atoms with Gasteiger partial charge in [0.15, 0.2) is 0 Å². The summed E-state index contributed by atoms with van der Waals surface area (Å²) in [5.41, 5.74) is 2.50. The van der Waals surface area contributed by atoms with Gasteiger partial charge in [0.25, 0.3) is 0 Å². The molecule has 0 aliphatic carbocycles. The van der Waals surface area contributed by atoms with Crippen molar-refractivity contribution in [2.24, 2.45) is 0 Å². The molecule has 56 valence electrons. The molecule has 0 N–H and O–H groups in total. The number of hydrogen-bond donors (Lipinski definition) is 0. The molecule has 2 heterocycles. The third kappa shape index (κ3) is 0.979. The van der Waals surface area contributed by atoms with Gasteiger partial charge in [0, 0.05) is 16.9 Å². The Morgan fingerprint density at radius 2 is 2.18 bits per heavy atom.